The molecule has 0 bridgehead atoms. The average molecular weight is 1460 g/mol. The Hall–Kier alpha value is -1.10. The zero-order chi connectivity index (χ0) is 74.2. The highest BCUT2D eigenvalue weighted by Crippen LogP contribution is 2.14. The van der Waals surface area contributed by atoms with Gasteiger partial charge in [-0.05, 0) is 106 Å². The van der Waals surface area contributed by atoms with Crippen molar-refractivity contribution in [3.63, 3.8) is 0 Å². The highest BCUT2D eigenvalue weighted by Gasteiger charge is 2.14. The van der Waals surface area contributed by atoms with Gasteiger partial charge in [-0.25, -0.2) is 0 Å². The van der Waals surface area contributed by atoms with Gasteiger partial charge in [-0.2, -0.15) is 0 Å². The van der Waals surface area contributed by atoms with E-state index < -0.39 is 0 Å². The highest BCUT2D eigenvalue weighted by atomic mass is 16.6. The van der Waals surface area contributed by atoms with Crippen LogP contribution in [-0.2, 0) is 71.1 Å². The molecule has 0 aromatic heterocycles. The Balaban J connectivity index is -0.00000144. The molecular formula is C80H167N3O18. The van der Waals surface area contributed by atoms with E-state index in [9.17, 15) is 0 Å². The molecule has 0 spiro atoms. The Morgan fingerprint density at radius 1 is 0.228 bits per heavy atom. The molecule has 3 N–H and O–H groups in total. The van der Waals surface area contributed by atoms with Crippen LogP contribution in [0.15, 0.2) is 12.2 Å². The Morgan fingerprint density at radius 3 is 0.624 bits per heavy atom. The van der Waals surface area contributed by atoms with Crippen molar-refractivity contribution in [2.24, 2.45) is 0 Å². The van der Waals surface area contributed by atoms with Crippen molar-refractivity contribution in [2.75, 3.05) is 260 Å². The van der Waals surface area contributed by atoms with Crippen molar-refractivity contribution in [1.82, 2.24) is 14.7 Å². The molecule has 0 saturated heterocycles. The van der Waals surface area contributed by atoms with Crippen molar-refractivity contribution < 1.29 is 86.4 Å². The third-order valence-electron chi connectivity index (χ3n) is 16.4. The van der Waals surface area contributed by atoms with E-state index in [2.05, 4.69) is 89.9 Å². The maximum Gasteiger partial charge on any atom is 0.0820 e. The zero-order valence-corrected chi connectivity index (χ0v) is 67.4. The first-order valence-electron chi connectivity index (χ1n) is 40.8. The number of nitrogens with zero attached hydrogens (tertiary/aromatic N) is 3. The van der Waals surface area contributed by atoms with Crippen LogP contribution in [0.2, 0.25) is 0 Å². The van der Waals surface area contributed by atoms with Crippen molar-refractivity contribution >= 4 is 0 Å². The minimum Gasteiger partial charge on any atom is -0.394 e. The molecule has 101 heavy (non-hydrogen) atoms. The molecule has 0 rings (SSSR count). The van der Waals surface area contributed by atoms with Crippen LogP contribution in [0.3, 0.4) is 0 Å². The zero-order valence-electron chi connectivity index (χ0n) is 67.4. The van der Waals surface area contributed by atoms with Crippen LogP contribution in [-0.4, -0.2) is 308 Å². The summed E-state index contributed by atoms with van der Waals surface area (Å²) in [6.45, 7) is 25.0. The van der Waals surface area contributed by atoms with Crippen molar-refractivity contribution in [2.45, 2.75) is 251 Å². The summed E-state index contributed by atoms with van der Waals surface area (Å²) in [5, 5.41) is 25.8. The van der Waals surface area contributed by atoms with E-state index in [-0.39, 0.29) is 38.1 Å². The summed E-state index contributed by atoms with van der Waals surface area (Å²) in [5.74, 6) is 0. The van der Waals surface area contributed by atoms with Crippen LogP contribution in [0.4, 0.5) is 0 Å². The van der Waals surface area contributed by atoms with Crippen LogP contribution in [0.1, 0.15) is 233 Å². The van der Waals surface area contributed by atoms with Gasteiger partial charge >= 0.3 is 0 Å². The van der Waals surface area contributed by atoms with Gasteiger partial charge in [-0.3, -0.25) is 0 Å². The molecule has 0 aliphatic rings. The minimum atomic E-state index is 0.0437. The van der Waals surface area contributed by atoms with Gasteiger partial charge in [0.15, 0.2) is 0 Å². The maximum atomic E-state index is 8.63. The molecule has 0 amide bonds. The average Bonchev–Trinajstić information content (AvgIpc) is 2.45. The second-order valence-corrected chi connectivity index (χ2v) is 27.0. The summed E-state index contributed by atoms with van der Waals surface area (Å²) in [6.07, 6.45) is 47.8. The molecule has 610 valence electrons. The number of allylic oxidation sites excluding steroid dienone is 2. The summed E-state index contributed by atoms with van der Waals surface area (Å²) in [6, 6.07) is 0. The van der Waals surface area contributed by atoms with Crippen LogP contribution in [0, 0.1) is 0 Å². The molecule has 0 aliphatic heterocycles. The Labute approximate surface area is 621 Å². The lowest BCUT2D eigenvalue weighted by Crippen LogP contribution is -2.27. The molecule has 3 unspecified atom stereocenters. The van der Waals surface area contributed by atoms with E-state index in [1.54, 1.807) is 0 Å². The monoisotopic (exact) mass is 1460 g/mol. The topological polar surface area (TPSA) is 209 Å². The van der Waals surface area contributed by atoms with Gasteiger partial charge in [0.05, 0.1) is 197 Å². The van der Waals surface area contributed by atoms with Crippen LogP contribution in [0.5, 0.6) is 0 Å². The third kappa shape index (κ3) is 98.9. The van der Waals surface area contributed by atoms with Crippen LogP contribution >= 0.6 is 0 Å². The number of aliphatic hydroxyl groups excluding tert-OH is 3. The highest BCUT2D eigenvalue weighted by molar-refractivity contribution is 4.81. The number of rotatable bonds is 85. The molecule has 0 aromatic carbocycles. The van der Waals surface area contributed by atoms with Gasteiger partial charge in [0.2, 0.25) is 0 Å². The summed E-state index contributed by atoms with van der Waals surface area (Å²) < 4.78 is 83.8. The fourth-order valence-electron chi connectivity index (χ4n) is 10.2. The molecule has 0 heterocycles. The molecule has 3 atom stereocenters. The van der Waals surface area contributed by atoms with E-state index >= 15 is 0 Å². The summed E-state index contributed by atoms with van der Waals surface area (Å²) >= 11 is 0. The lowest BCUT2D eigenvalue weighted by molar-refractivity contribution is -0.0431. The first-order valence-corrected chi connectivity index (χ1v) is 40.8. The Kier molecular flexibility index (Phi) is 97.9. The van der Waals surface area contributed by atoms with E-state index in [1.807, 2.05) is 0 Å². The molecule has 21 heteroatoms. The number of hydrogen-bond acceptors (Lipinski definition) is 21. The Bertz CT molecular complexity index is 1470. The molecule has 21 nitrogen and oxygen atoms in total. The minimum absolute atomic E-state index is 0.0437. The van der Waals surface area contributed by atoms with Gasteiger partial charge in [0, 0.05) is 39.5 Å². The van der Waals surface area contributed by atoms with E-state index in [1.165, 1.54) is 173 Å². The number of ether oxygens (including phenoxy) is 15. The van der Waals surface area contributed by atoms with E-state index in [4.69, 9.17) is 86.4 Å². The number of unbranched alkanes of at least 4 members (excludes halogenated alkanes) is 26. The maximum absolute atomic E-state index is 8.63. The fourth-order valence-corrected chi connectivity index (χ4v) is 10.2. The predicted octanol–water partition coefficient (Wildman–Crippen LogP) is 13.5. The summed E-state index contributed by atoms with van der Waals surface area (Å²) in [4.78, 5) is 6.56. The quantitative estimate of drug-likeness (QED) is 0.0382. The molecular weight excluding hydrogens is 1290 g/mol. The molecule has 0 fully saturated rings. The lowest BCUT2D eigenvalue weighted by Gasteiger charge is -2.20. The molecule has 0 aliphatic carbocycles. The van der Waals surface area contributed by atoms with E-state index in [0.29, 0.717) is 159 Å². The first-order chi connectivity index (χ1) is 49.6. The standard InChI is InChI=1S/C32H65NO6.C26H55NO6.C22H47NO6/c1-4-5-6-7-8-9-10-11-12-13-14-15-16-17-18-19-23-39-32(20-21-33(2)3)31-38-30-29-37-28-27-36-26-25-35-24-22-34;1-4-5-6-7-8-9-10-11-12-13-17-33-26(14-15-27(2)3)25-32-24-23-31-22-21-30-20-19-29-18-16-28;1-4-5-6-7-8-9-13-29-22(10-11-23(2)3)21-28-20-19-27-18-17-26-16-15-25-14-12-24/h11-12,32,34H,4-10,13-31H2,1-3H3;26,28H,4-25H2,1-3H3;22,24H,4-21H2,1-3H3/b12-11-;;. The molecule has 0 radical (unpaired) electrons. The largest absolute Gasteiger partial charge is 0.394 e. The van der Waals surface area contributed by atoms with E-state index in [0.717, 1.165) is 78.0 Å². The number of aliphatic hydroxyl groups is 3. The predicted molar refractivity (Wildman–Crippen MR) is 414 cm³/mol. The number of hydrogen-bond donors (Lipinski definition) is 3. The van der Waals surface area contributed by atoms with Gasteiger partial charge in [0.1, 0.15) is 0 Å². The summed E-state index contributed by atoms with van der Waals surface area (Å²) in [7, 11) is 12.5. The van der Waals surface area contributed by atoms with Gasteiger partial charge in [0.25, 0.3) is 0 Å². The van der Waals surface area contributed by atoms with Gasteiger partial charge in [-0.1, -0.05) is 181 Å². The lowest BCUT2D eigenvalue weighted by atomic mass is 10.1. The Morgan fingerprint density at radius 2 is 0.416 bits per heavy atom. The molecule has 0 saturated carbocycles. The van der Waals surface area contributed by atoms with Crippen molar-refractivity contribution in [3.05, 3.63) is 12.2 Å². The van der Waals surface area contributed by atoms with Gasteiger partial charge < -0.3 is 101 Å². The van der Waals surface area contributed by atoms with Crippen LogP contribution < -0.4 is 0 Å². The molecule has 0 aromatic rings. The van der Waals surface area contributed by atoms with Crippen LogP contribution in [0.25, 0.3) is 0 Å². The first kappa shape index (κ1) is 104. The smallest absolute Gasteiger partial charge is 0.0820 e. The third-order valence-corrected chi connectivity index (χ3v) is 16.4. The van der Waals surface area contributed by atoms with Gasteiger partial charge in [-0.15, -0.1) is 0 Å². The second-order valence-electron chi connectivity index (χ2n) is 27.0. The van der Waals surface area contributed by atoms with Crippen molar-refractivity contribution in [3.8, 4) is 0 Å². The summed E-state index contributed by atoms with van der Waals surface area (Å²) in [5.41, 5.74) is 0. The van der Waals surface area contributed by atoms with Crippen molar-refractivity contribution in [1.29, 1.82) is 0 Å². The fraction of sp³-hybridized carbons (Fsp3) is 0.975. The second kappa shape index (κ2) is 95.0. The normalized spacial score (nSPS) is 12.7. The SMILES string of the molecule is CCCCCCCC/C=C\CCCCCCCCOC(CCN(C)C)COCCOCCOCCOCCO.CCCCCCCCCCCCOC(CCN(C)C)COCCOCCOCCOCCO.CCCCCCCCOC(CCN(C)C)COCCOCCOCCOCCO.